The molecule has 3 amide bonds. The monoisotopic (exact) mass is 567 g/mol. The van der Waals surface area contributed by atoms with Gasteiger partial charge in [-0.15, -0.1) is 0 Å². The van der Waals surface area contributed by atoms with Crippen molar-refractivity contribution >= 4 is 29.8 Å². The first-order valence-electron chi connectivity index (χ1n) is 13.7. The number of esters is 2. The molecule has 1 heterocycles. The molecule has 11 nitrogen and oxygen atoms in total. The van der Waals surface area contributed by atoms with E-state index in [0.29, 0.717) is 12.8 Å². The fourth-order valence-electron chi connectivity index (χ4n) is 4.16. The third-order valence-corrected chi connectivity index (χ3v) is 6.50. The smallest absolute Gasteiger partial charge is 0.408 e. The van der Waals surface area contributed by atoms with E-state index in [1.54, 1.807) is 12.1 Å². The Balaban J connectivity index is 1.50. The number of carbonyl (C=O) groups is 5. The summed E-state index contributed by atoms with van der Waals surface area (Å²) >= 11 is 0. The lowest BCUT2D eigenvalue weighted by Crippen LogP contribution is -2.54. The lowest BCUT2D eigenvalue weighted by Gasteiger charge is -2.33. The topological polar surface area (TPSA) is 149 Å². The molecule has 0 unspecified atom stereocenters. The molecule has 0 aromatic heterocycles. The van der Waals surface area contributed by atoms with Crippen LogP contribution in [-0.4, -0.2) is 54.6 Å². The molecule has 0 saturated carbocycles. The summed E-state index contributed by atoms with van der Waals surface area (Å²) in [5, 5.41) is 7.80. The summed E-state index contributed by atoms with van der Waals surface area (Å²) in [6.45, 7) is 3.66. The maximum atomic E-state index is 12.9. The van der Waals surface area contributed by atoms with Crippen molar-refractivity contribution in [2.24, 2.45) is 5.92 Å². The zero-order valence-electron chi connectivity index (χ0n) is 23.3. The van der Waals surface area contributed by atoms with Crippen LogP contribution < -0.4 is 16.0 Å². The number of amides is 3. The molecule has 0 radical (unpaired) electrons. The number of hydrogen-bond acceptors (Lipinski definition) is 8. The molecule has 2 aromatic carbocycles. The van der Waals surface area contributed by atoms with Gasteiger partial charge in [-0.05, 0) is 37.3 Å². The molecule has 1 aliphatic heterocycles. The van der Waals surface area contributed by atoms with Crippen LogP contribution in [0.3, 0.4) is 0 Å². The van der Waals surface area contributed by atoms with Crippen molar-refractivity contribution in [3.8, 4) is 0 Å². The maximum absolute atomic E-state index is 12.9. The Kier molecular flexibility index (Phi) is 12.1. The van der Waals surface area contributed by atoms with Crippen molar-refractivity contribution in [3.63, 3.8) is 0 Å². The highest BCUT2D eigenvalue weighted by Crippen LogP contribution is 2.26. The first-order valence-corrected chi connectivity index (χ1v) is 13.7. The molecule has 2 aromatic rings. The summed E-state index contributed by atoms with van der Waals surface area (Å²) in [5.74, 6) is -2.45. The zero-order valence-corrected chi connectivity index (χ0v) is 23.3. The van der Waals surface area contributed by atoms with E-state index in [1.807, 2.05) is 55.5 Å². The molecule has 41 heavy (non-hydrogen) atoms. The molecule has 3 N–H and O–H groups in total. The molecule has 3 rings (SSSR count). The van der Waals surface area contributed by atoms with E-state index in [-0.39, 0.29) is 38.1 Å². The number of ether oxygens (including phenoxy) is 3. The van der Waals surface area contributed by atoms with Gasteiger partial charge in [0.1, 0.15) is 31.2 Å². The fraction of sp³-hybridized carbons (Fsp3) is 0.433. The molecule has 0 aliphatic carbocycles. The highest BCUT2D eigenvalue weighted by Gasteiger charge is 2.46. The van der Waals surface area contributed by atoms with E-state index in [4.69, 9.17) is 14.2 Å². The summed E-state index contributed by atoms with van der Waals surface area (Å²) in [7, 11) is 0. The number of rotatable bonds is 15. The van der Waals surface area contributed by atoms with E-state index < -0.39 is 42.1 Å². The second-order valence-electron chi connectivity index (χ2n) is 9.77. The average Bonchev–Trinajstić information content (AvgIpc) is 2.98. The van der Waals surface area contributed by atoms with Crippen molar-refractivity contribution in [2.75, 3.05) is 6.54 Å². The minimum Gasteiger partial charge on any atom is -0.459 e. The number of hydrogen-bond donors (Lipinski definition) is 3. The van der Waals surface area contributed by atoms with Crippen LogP contribution >= 0.6 is 0 Å². The van der Waals surface area contributed by atoms with Crippen LogP contribution in [0.2, 0.25) is 0 Å². The van der Waals surface area contributed by atoms with Crippen molar-refractivity contribution in [2.45, 2.75) is 70.9 Å². The van der Waals surface area contributed by atoms with Crippen molar-refractivity contribution in [1.82, 2.24) is 16.0 Å². The SMILES string of the molecule is CCC[C@H]1C(=O)O[C@@H]1C(=O)NCCC[C@H](NC(=O)[C@H](C)NC(=O)OCc1ccccc1)C(=O)OCc1ccccc1. The normalized spacial score (nSPS) is 17.2. The molecular weight excluding hydrogens is 530 g/mol. The van der Waals surface area contributed by atoms with Crippen molar-refractivity contribution in [1.29, 1.82) is 0 Å². The highest BCUT2D eigenvalue weighted by atomic mass is 16.6. The lowest BCUT2D eigenvalue weighted by atomic mass is 9.91. The molecule has 1 saturated heterocycles. The minimum atomic E-state index is -1.03. The Bertz CT molecular complexity index is 1170. The molecule has 4 atom stereocenters. The molecule has 1 aliphatic rings. The fourth-order valence-corrected chi connectivity index (χ4v) is 4.16. The van der Waals surface area contributed by atoms with Crippen molar-refractivity contribution < 1.29 is 38.2 Å². The van der Waals surface area contributed by atoms with Gasteiger partial charge in [0, 0.05) is 6.54 Å². The van der Waals surface area contributed by atoms with Crippen LogP contribution in [0.25, 0.3) is 0 Å². The standard InChI is InChI=1S/C30H37N3O8/c1-3-11-23-25(41-28(23)36)27(35)31-17-10-16-24(29(37)39-18-21-12-6-4-7-13-21)33-26(34)20(2)32-30(38)40-19-22-14-8-5-9-15-22/h4-9,12-15,20,23-25H,3,10-11,16-19H2,1-2H3,(H,31,35)(H,32,38)(H,33,34)/t20-,23+,24-,25-/m0/s1. The van der Waals surface area contributed by atoms with Gasteiger partial charge in [-0.25, -0.2) is 9.59 Å². The van der Waals surface area contributed by atoms with Gasteiger partial charge in [-0.1, -0.05) is 74.0 Å². The van der Waals surface area contributed by atoms with Crippen LogP contribution in [0.4, 0.5) is 4.79 Å². The summed E-state index contributed by atoms with van der Waals surface area (Å²) in [4.78, 5) is 61.9. The van der Waals surface area contributed by atoms with Crippen LogP contribution in [0, 0.1) is 5.92 Å². The van der Waals surface area contributed by atoms with Crippen LogP contribution in [0.15, 0.2) is 60.7 Å². The van der Waals surface area contributed by atoms with Gasteiger partial charge in [0.2, 0.25) is 5.91 Å². The van der Waals surface area contributed by atoms with Crippen molar-refractivity contribution in [3.05, 3.63) is 71.8 Å². The second-order valence-corrected chi connectivity index (χ2v) is 9.77. The number of cyclic esters (lactones) is 1. The quantitative estimate of drug-likeness (QED) is 0.169. The van der Waals surface area contributed by atoms with E-state index in [0.717, 1.165) is 17.5 Å². The molecular formula is C30H37N3O8. The number of benzene rings is 2. The summed E-state index contributed by atoms with van der Waals surface area (Å²) in [6, 6.07) is 16.2. The highest BCUT2D eigenvalue weighted by molar-refractivity contribution is 5.94. The Labute approximate surface area is 239 Å². The molecule has 220 valence electrons. The lowest BCUT2D eigenvalue weighted by molar-refractivity contribution is -0.189. The molecule has 1 fully saturated rings. The molecule has 11 heteroatoms. The van der Waals surface area contributed by atoms with E-state index in [9.17, 15) is 24.0 Å². The first kappa shape index (κ1) is 31.1. The third-order valence-electron chi connectivity index (χ3n) is 6.50. The van der Waals surface area contributed by atoms with Crippen LogP contribution in [-0.2, 0) is 46.6 Å². The average molecular weight is 568 g/mol. The van der Waals surface area contributed by atoms with Gasteiger partial charge in [0.15, 0.2) is 6.10 Å². The van der Waals surface area contributed by atoms with Crippen LogP contribution in [0.5, 0.6) is 0 Å². The van der Waals surface area contributed by atoms with Gasteiger partial charge in [0.05, 0.1) is 0 Å². The van der Waals surface area contributed by atoms with Crippen LogP contribution in [0.1, 0.15) is 50.7 Å². The summed E-state index contributed by atoms with van der Waals surface area (Å²) in [6.07, 6.45) is 0.242. The van der Waals surface area contributed by atoms with Gasteiger partial charge < -0.3 is 30.2 Å². The summed E-state index contributed by atoms with van der Waals surface area (Å²) < 4.78 is 15.6. The van der Waals surface area contributed by atoms with Gasteiger partial charge >= 0.3 is 18.0 Å². The van der Waals surface area contributed by atoms with Gasteiger partial charge in [-0.2, -0.15) is 0 Å². The zero-order chi connectivity index (χ0) is 29.6. The number of nitrogens with one attached hydrogen (secondary N) is 3. The Morgan fingerprint density at radius 2 is 1.51 bits per heavy atom. The first-order chi connectivity index (χ1) is 19.8. The largest absolute Gasteiger partial charge is 0.459 e. The summed E-state index contributed by atoms with van der Waals surface area (Å²) in [5.41, 5.74) is 1.58. The van der Waals surface area contributed by atoms with Gasteiger partial charge in [0.25, 0.3) is 5.91 Å². The minimum absolute atomic E-state index is 0.0221. The van der Waals surface area contributed by atoms with E-state index >= 15 is 0 Å². The Morgan fingerprint density at radius 1 is 0.902 bits per heavy atom. The Morgan fingerprint density at radius 3 is 2.10 bits per heavy atom. The third kappa shape index (κ3) is 9.93. The molecule has 0 bridgehead atoms. The number of carbonyl (C=O) groups excluding carboxylic acids is 5. The van der Waals surface area contributed by atoms with E-state index in [1.165, 1.54) is 6.92 Å². The second kappa shape index (κ2) is 16.0. The Hall–Kier alpha value is -4.41. The number of alkyl carbamates (subject to hydrolysis) is 1. The van der Waals surface area contributed by atoms with Gasteiger partial charge in [-0.3, -0.25) is 14.4 Å². The molecule has 0 spiro atoms. The predicted octanol–water partition coefficient (Wildman–Crippen LogP) is 2.77. The maximum Gasteiger partial charge on any atom is 0.408 e. The predicted molar refractivity (Wildman–Crippen MR) is 148 cm³/mol. The van der Waals surface area contributed by atoms with E-state index in [2.05, 4.69) is 16.0 Å².